The molecule has 2 aromatic rings. The van der Waals surface area contributed by atoms with Gasteiger partial charge in [-0.3, -0.25) is 14.5 Å². The molecule has 1 spiro atoms. The summed E-state index contributed by atoms with van der Waals surface area (Å²) in [7, 11) is 1.50. The zero-order valence-corrected chi connectivity index (χ0v) is 20.5. The van der Waals surface area contributed by atoms with Crippen molar-refractivity contribution in [2.45, 2.75) is 44.4 Å². The minimum Gasteiger partial charge on any atom is -0.435 e. The Morgan fingerprint density at radius 1 is 1.17 bits per heavy atom. The van der Waals surface area contributed by atoms with Gasteiger partial charge in [0.15, 0.2) is 11.4 Å². The van der Waals surface area contributed by atoms with Gasteiger partial charge in [0.2, 0.25) is 5.91 Å². The molecule has 0 unspecified atom stereocenters. The lowest BCUT2D eigenvalue weighted by Crippen LogP contribution is -2.45. The number of carbonyl (C=O) groups is 4. The first kappa shape index (κ1) is 23.8. The number of anilines is 1. The maximum absolute atomic E-state index is 13.5. The molecule has 1 saturated heterocycles. The Morgan fingerprint density at radius 3 is 2.61 bits per heavy atom. The van der Waals surface area contributed by atoms with Gasteiger partial charge in [-0.25, -0.2) is 9.59 Å². The molecule has 3 aliphatic rings. The van der Waals surface area contributed by atoms with Gasteiger partial charge in [-0.15, -0.1) is 0 Å². The van der Waals surface area contributed by atoms with Crippen LogP contribution in [-0.2, 0) is 21.7 Å². The van der Waals surface area contributed by atoms with Gasteiger partial charge in [0.25, 0.3) is 0 Å². The van der Waals surface area contributed by atoms with E-state index in [2.05, 4.69) is 17.6 Å². The summed E-state index contributed by atoms with van der Waals surface area (Å²) in [5.41, 5.74) is 1.40. The maximum atomic E-state index is 13.5. The molecular weight excluding hydrogens is 460 g/mol. The number of hydrogen-bond acceptors (Lipinski definition) is 5. The number of nitrogens with zero attached hydrogens (tertiary/aromatic N) is 2. The Kier molecular flexibility index (Phi) is 6.15. The fraction of sp³-hybridized carbons (Fsp3) is 0.407. The molecule has 36 heavy (non-hydrogen) atoms. The molecule has 4 amide bonds. The second kappa shape index (κ2) is 9.29. The quantitative estimate of drug-likeness (QED) is 0.618. The molecule has 1 aliphatic heterocycles. The zero-order chi connectivity index (χ0) is 25.4. The molecule has 1 saturated carbocycles. The van der Waals surface area contributed by atoms with E-state index in [1.54, 1.807) is 18.2 Å². The molecule has 2 atom stereocenters. The first-order chi connectivity index (χ1) is 17.3. The van der Waals surface area contributed by atoms with Crippen LogP contribution in [0, 0.1) is 5.92 Å². The fourth-order valence-corrected chi connectivity index (χ4v) is 5.21. The van der Waals surface area contributed by atoms with Crippen molar-refractivity contribution < 1.29 is 23.9 Å². The first-order valence-electron chi connectivity index (χ1n) is 12.3. The molecule has 9 nitrogen and oxygen atoms in total. The lowest BCUT2D eigenvalue weighted by Gasteiger charge is -2.31. The van der Waals surface area contributed by atoms with Gasteiger partial charge in [0.05, 0.1) is 13.0 Å². The first-order valence-corrected chi connectivity index (χ1v) is 12.3. The van der Waals surface area contributed by atoms with Gasteiger partial charge in [-0.05, 0) is 43.4 Å². The number of urea groups is 1. The van der Waals surface area contributed by atoms with E-state index in [1.165, 1.54) is 11.9 Å². The van der Waals surface area contributed by atoms with Crippen LogP contribution in [0.15, 0.2) is 48.5 Å². The SMILES string of the molecule is CNC(=O)Nc1ccc2c(c1)C(=O)C[C@@]21CN(CC(=O)N(Cc2ccccc2)[C@@H](C)C2CC2)C(=O)O1. The number of benzene rings is 2. The van der Waals surface area contributed by atoms with Crippen molar-refractivity contribution in [2.24, 2.45) is 5.92 Å². The van der Waals surface area contributed by atoms with E-state index in [-0.39, 0.29) is 37.2 Å². The molecule has 2 aromatic carbocycles. The molecule has 2 fully saturated rings. The molecule has 0 aromatic heterocycles. The number of fused-ring (bicyclic) bond motifs is 2. The Hall–Kier alpha value is -3.88. The van der Waals surface area contributed by atoms with Crippen LogP contribution < -0.4 is 10.6 Å². The third-order valence-corrected chi connectivity index (χ3v) is 7.37. The van der Waals surface area contributed by atoms with Crippen molar-refractivity contribution in [3.05, 3.63) is 65.2 Å². The highest BCUT2D eigenvalue weighted by atomic mass is 16.6. The standard InChI is InChI=1S/C27H30N4O5/c1-17(19-8-9-19)31(14-18-6-4-3-5-7-18)24(33)15-30-16-27(36-26(30)35)13-23(32)21-12-20(10-11-22(21)27)29-25(34)28-2/h3-7,10-12,17,19H,8-9,13-16H2,1-2H3,(H2,28,29,34)/t17-,27+/m0/s1. The van der Waals surface area contributed by atoms with E-state index >= 15 is 0 Å². The van der Waals surface area contributed by atoms with Crippen LogP contribution >= 0.6 is 0 Å². The largest absolute Gasteiger partial charge is 0.435 e. The Labute approximate surface area is 209 Å². The van der Waals surface area contributed by atoms with Crippen LogP contribution in [0.4, 0.5) is 15.3 Å². The molecule has 5 rings (SSSR count). The topological polar surface area (TPSA) is 108 Å². The second-order valence-electron chi connectivity index (χ2n) is 9.87. The van der Waals surface area contributed by atoms with E-state index in [4.69, 9.17) is 4.74 Å². The van der Waals surface area contributed by atoms with Gasteiger partial charge < -0.3 is 20.3 Å². The third-order valence-electron chi connectivity index (χ3n) is 7.37. The van der Waals surface area contributed by atoms with Gasteiger partial charge in [0.1, 0.15) is 6.54 Å². The average Bonchev–Trinajstić information content (AvgIpc) is 3.63. The summed E-state index contributed by atoms with van der Waals surface area (Å²) in [6, 6.07) is 14.5. The van der Waals surface area contributed by atoms with Crippen molar-refractivity contribution in [3.8, 4) is 0 Å². The van der Waals surface area contributed by atoms with Crippen molar-refractivity contribution in [2.75, 3.05) is 25.5 Å². The number of ketones is 1. The summed E-state index contributed by atoms with van der Waals surface area (Å²) in [6.07, 6.45) is 1.61. The number of nitrogens with one attached hydrogen (secondary N) is 2. The van der Waals surface area contributed by atoms with Gasteiger partial charge in [-0.1, -0.05) is 36.4 Å². The van der Waals surface area contributed by atoms with Crippen molar-refractivity contribution in [1.82, 2.24) is 15.1 Å². The maximum Gasteiger partial charge on any atom is 0.411 e. The zero-order valence-electron chi connectivity index (χ0n) is 20.5. The van der Waals surface area contributed by atoms with Crippen LogP contribution in [0.3, 0.4) is 0 Å². The predicted octanol–water partition coefficient (Wildman–Crippen LogP) is 3.50. The summed E-state index contributed by atoms with van der Waals surface area (Å²) < 4.78 is 5.78. The lowest BCUT2D eigenvalue weighted by molar-refractivity contribution is -0.134. The summed E-state index contributed by atoms with van der Waals surface area (Å²) in [6.45, 7) is 2.56. The number of ether oxygens (including phenoxy) is 1. The molecule has 2 aliphatic carbocycles. The van der Waals surface area contributed by atoms with E-state index in [0.29, 0.717) is 29.3 Å². The van der Waals surface area contributed by atoms with E-state index in [9.17, 15) is 19.2 Å². The lowest BCUT2D eigenvalue weighted by atomic mass is 9.95. The van der Waals surface area contributed by atoms with Crippen LogP contribution in [0.25, 0.3) is 0 Å². The number of Topliss-reactive ketones (excluding diaryl/α,β-unsaturated/α-hetero) is 1. The Bertz CT molecular complexity index is 1210. The van der Waals surface area contributed by atoms with Gasteiger partial charge >= 0.3 is 12.1 Å². The minimum atomic E-state index is -1.12. The monoisotopic (exact) mass is 490 g/mol. The highest BCUT2D eigenvalue weighted by Crippen LogP contribution is 2.45. The van der Waals surface area contributed by atoms with Gasteiger partial charge in [-0.2, -0.15) is 0 Å². The molecular formula is C27H30N4O5. The molecule has 9 heteroatoms. The normalized spacial score (nSPS) is 21.2. The van der Waals surface area contributed by atoms with Crippen molar-refractivity contribution in [3.63, 3.8) is 0 Å². The van der Waals surface area contributed by atoms with Crippen LogP contribution in [0.5, 0.6) is 0 Å². The average molecular weight is 491 g/mol. The van der Waals surface area contributed by atoms with Gasteiger partial charge in [0, 0.05) is 36.4 Å². The van der Waals surface area contributed by atoms with Crippen molar-refractivity contribution >= 4 is 29.5 Å². The van der Waals surface area contributed by atoms with Crippen LogP contribution in [0.1, 0.15) is 47.7 Å². The summed E-state index contributed by atoms with van der Waals surface area (Å²) in [4.78, 5) is 54.1. The van der Waals surface area contributed by atoms with Crippen molar-refractivity contribution in [1.29, 1.82) is 0 Å². The fourth-order valence-electron chi connectivity index (χ4n) is 5.21. The summed E-state index contributed by atoms with van der Waals surface area (Å²) in [5.74, 6) is 0.174. The van der Waals surface area contributed by atoms with Crippen LogP contribution in [0.2, 0.25) is 0 Å². The van der Waals surface area contributed by atoms with E-state index < -0.39 is 17.7 Å². The highest BCUT2D eigenvalue weighted by Gasteiger charge is 2.54. The molecule has 0 bridgehead atoms. The van der Waals surface area contributed by atoms with E-state index in [0.717, 1.165) is 18.4 Å². The van der Waals surface area contributed by atoms with E-state index in [1.807, 2.05) is 35.2 Å². The Morgan fingerprint density at radius 2 is 1.92 bits per heavy atom. The smallest absolute Gasteiger partial charge is 0.411 e. The molecule has 2 N–H and O–H groups in total. The molecule has 188 valence electrons. The summed E-state index contributed by atoms with van der Waals surface area (Å²) in [5, 5.41) is 5.12. The number of carbonyl (C=O) groups excluding carboxylic acids is 4. The number of rotatable bonds is 7. The Balaban J connectivity index is 1.33. The third kappa shape index (κ3) is 4.53. The highest BCUT2D eigenvalue weighted by molar-refractivity contribution is 6.04. The molecule has 1 heterocycles. The predicted molar refractivity (Wildman–Crippen MR) is 132 cm³/mol. The molecule has 0 radical (unpaired) electrons. The summed E-state index contributed by atoms with van der Waals surface area (Å²) >= 11 is 0. The minimum absolute atomic E-state index is 0.00833. The number of amides is 4. The van der Waals surface area contributed by atoms with Crippen LogP contribution in [-0.4, -0.2) is 59.8 Å². The second-order valence-corrected chi connectivity index (χ2v) is 9.87. The number of hydrogen-bond donors (Lipinski definition) is 2.